The molecule has 0 saturated carbocycles. The second-order valence-corrected chi connectivity index (χ2v) is 7.21. The zero-order chi connectivity index (χ0) is 19.2. The average Bonchev–Trinajstić information content (AvgIpc) is 3.04. The number of benzene rings is 1. The van der Waals surface area contributed by atoms with E-state index in [2.05, 4.69) is 4.90 Å². The fourth-order valence-corrected chi connectivity index (χ4v) is 3.77. The third-order valence-electron chi connectivity index (χ3n) is 5.31. The molecule has 7 nitrogen and oxygen atoms in total. The van der Waals surface area contributed by atoms with Crippen molar-refractivity contribution < 1.29 is 24.2 Å². The van der Waals surface area contributed by atoms with Gasteiger partial charge in [0.15, 0.2) is 11.5 Å². The molecule has 0 aliphatic carbocycles. The quantitative estimate of drug-likeness (QED) is 0.748. The van der Waals surface area contributed by atoms with Gasteiger partial charge in [-0.15, -0.1) is 0 Å². The minimum atomic E-state index is -0.922. The zero-order valence-corrected chi connectivity index (χ0v) is 15.9. The van der Waals surface area contributed by atoms with E-state index >= 15 is 0 Å². The van der Waals surface area contributed by atoms with Crippen LogP contribution in [-0.4, -0.2) is 66.7 Å². The standard InChI is InChI=1S/C20H28N2O5/c1-26-17-7-5-6-15(13-22-14-16(20(24)25)12-18(22)23)19(17)27-11-10-21-8-3-2-4-9-21/h5-7,16H,2-4,8-14H2,1H3,(H,24,25). The van der Waals surface area contributed by atoms with Crippen molar-refractivity contribution in [3.05, 3.63) is 23.8 Å². The molecule has 27 heavy (non-hydrogen) atoms. The van der Waals surface area contributed by atoms with Crippen LogP contribution in [0.4, 0.5) is 0 Å². The first kappa shape index (κ1) is 19.5. The number of para-hydroxylation sites is 1. The fourth-order valence-electron chi connectivity index (χ4n) is 3.77. The predicted octanol–water partition coefficient (Wildman–Crippen LogP) is 1.99. The molecule has 2 heterocycles. The van der Waals surface area contributed by atoms with Crippen molar-refractivity contribution in [1.29, 1.82) is 0 Å². The molecule has 1 atom stereocenters. The molecule has 0 aromatic heterocycles. The zero-order valence-electron chi connectivity index (χ0n) is 15.9. The SMILES string of the molecule is COc1cccc(CN2CC(C(=O)O)CC2=O)c1OCCN1CCCCC1. The predicted molar refractivity (Wildman–Crippen MR) is 99.9 cm³/mol. The van der Waals surface area contributed by atoms with Crippen LogP contribution in [0.1, 0.15) is 31.2 Å². The molecule has 1 aromatic rings. The summed E-state index contributed by atoms with van der Waals surface area (Å²) in [7, 11) is 1.60. The Kier molecular flexibility index (Phi) is 6.55. The number of carboxylic acids is 1. The Morgan fingerprint density at radius 3 is 2.70 bits per heavy atom. The molecule has 3 rings (SSSR count). The number of carbonyl (C=O) groups is 2. The number of rotatable bonds is 8. The van der Waals surface area contributed by atoms with Gasteiger partial charge in [0.1, 0.15) is 6.61 Å². The summed E-state index contributed by atoms with van der Waals surface area (Å²) < 4.78 is 11.5. The van der Waals surface area contributed by atoms with Gasteiger partial charge in [-0.25, -0.2) is 0 Å². The number of carboxylic acid groups (broad SMARTS) is 1. The molecular formula is C20H28N2O5. The van der Waals surface area contributed by atoms with Gasteiger partial charge in [-0.05, 0) is 32.0 Å². The number of amides is 1. The lowest BCUT2D eigenvalue weighted by Crippen LogP contribution is -2.33. The highest BCUT2D eigenvalue weighted by Gasteiger charge is 2.34. The fraction of sp³-hybridized carbons (Fsp3) is 0.600. The maximum absolute atomic E-state index is 12.2. The minimum Gasteiger partial charge on any atom is -0.493 e. The average molecular weight is 376 g/mol. The smallest absolute Gasteiger partial charge is 0.308 e. The molecule has 0 radical (unpaired) electrons. The second kappa shape index (κ2) is 9.08. The summed E-state index contributed by atoms with van der Waals surface area (Å²) in [6.07, 6.45) is 3.84. The molecule has 2 aliphatic rings. The molecule has 0 bridgehead atoms. The normalized spacial score (nSPS) is 20.7. The van der Waals surface area contributed by atoms with E-state index in [0.717, 1.165) is 25.2 Å². The summed E-state index contributed by atoms with van der Waals surface area (Å²) in [5.74, 6) is -0.415. The largest absolute Gasteiger partial charge is 0.493 e. The molecule has 2 saturated heterocycles. The lowest BCUT2D eigenvalue weighted by atomic mass is 10.1. The highest BCUT2D eigenvalue weighted by molar-refractivity contribution is 5.86. The number of hydrogen-bond donors (Lipinski definition) is 1. The van der Waals surface area contributed by atoms with Gasteiger partial charge in [-0.2, -0.15) is 0 Å². The summed E-state index contributed by atoms with van der Waals surface area (Å²) in [5, 5.41) is 9.16. The highest BCUT2D eigenvalue weighted by atomic mass is 16.5. The van der Waals surface area contributed by atoms with Crippen LogP contribution in [0.25, 0.3) is 0 Å². The number of piperidine rings is 1. The Hall–Kier alpha value is -2.28. The Morgan fingerprint density at radius 1 is 1.26 bits per heavy atom. The lowest BCUT2D eigenvalue weighted by Gasteiger charge is -2.26. The van der Waals surface area contributed by atoms with Crippen molar-refractivity contribution in [2.24, 2.45) is 5.92 Å². The highest BCUT2D eigenvalue weighted by Crippen LogP contribution is 2.33. The van der Waals surface area contributed by atoms with E-state index in [9.17, 15) is 9.59 Å². The molecule has 148 valence electrons. The van der Waals surface area contributed by atoms with Gasteiger partial charge in [0.2, 0.25) is 5.91 Å². The topological polar surface area (TPSA) is 79.3 Å². The first-order chi connectivity index (χ1) is 13.1. The third-order valence-corrected chi connectivity index (χ3v) is 5.31. The Bertz CT molecular complexity index is 672. The lowest BCUT2D eigenvalue weighted by molar-refractivity contribution is -0.141. The van der Waals surface area contributed by atoms with Gasteiger partial charge in [0.05, 0.1) is 13.0 Å². The van der Waals surface area contributed by atoms with E-state index in [0.29, 0.717) is 24.7 Å². The molecule has 2 aliphatic heterocycles. The number of likely N-dealkylation sites (tertiary alicyclic amines) is 2. The number of ether oxygens (including phenoxy) is 2. The van der Waals surface area contributed by atoms with Crippen LogP contribution in [-0.2, 0) is 16.1 Å². The van der Waals surface area contributed by atoms with E-state index < -0.39 is 11.9 Å². The number of methoxy groups -OCH3 is 1. The molecule has 1 N–H and O–H groups in total. The van der Waals surface area contributed by atoms with Crippen LogP contribution >= 0.6 is 0 Å². The summed E-state index contributed by atoms with van der Waals surface area (Å²) in [6, 6.07) is 5.60. The van der Waals surface area contributed by atoms with Gasteiger partial charge in [0.25, 0.3) is 0 Å². The van der Waals surface area contributed by atoms with E-state index in [4.69, 9.17) is 14.6 Å². The van der Waals surface area contributed by atoms with E-state index in [1.54, 1.807) is 12.0 Å². The van der Waals surface area contributed by atoms with Crippen molar-refractivity contribution in [1.82, 2.24) is 9.80 Å². The van der Waals surface area contributed by atoms with Crippen LogP contribution in [0.15, 0.2) is 18.2 Å². The molecule has 1 unspecified atom stereocenters. The molecule has 2 fully saturated rings. The van der Waals surface area contributed by atoms with Crippen molar-refractivity contribution in [3.8, 4) is 11.5 Å². The number of aliphatic carboxylic acids is 1. The number of nitrogens with zero attached hydrogens (tertiary/aromatic N) is 2. The van der Waals surface area contributed by atoms with Crippen molar-refractivity contribution >= 4 is 11.9 Å². The summed E-state index contributed by atoms with van der Waals surface area (Å²) in [4.78, 5) is 27.3. The van der Waals surface area contributed by atoms with Gasteiger partial charge >= 0.3 is 5.97 Å². The Labute approximate surface area is 159 Å². The van der Waals surface area contributed by atoms with Gasteiger partial charge < -0.3 is 19.5 Å². The van der Waals surface area contributed by atoms with Crippen molar-refractivity contribution in [3.63, 3.8) is 0 Å². The molecule has 0 spiro atoms. The van der Waals surface area contributed by atoms with Gasteiger partial charge in [0, 0.05) is 31.6 Å². The maximum atomic E-state index is 12.2. The molecule has 1 aromatic carbocycles. The molecule has 7 heteroatoms. The third kappa shape index (κ3) is 4.91. The Morgan fingerprint density at radius 2 is 2.04 bits per heavy atom. The van der Waals surface area contributed by atoms with E-state index in [1.165, 1.54) is 19.3 Å². The van der Waals surface area contributed by atoms with Crippen molar-refractivity contribution in [2.75, 3.05) is 39.9 Å². The van der Waals surface area contributed by atoms with Crippen LogP contribution < -0.4 is 9.47 Å². The summed E-state index contributed by atoms with van der Waals surface area (Å²) >= 11 is 0. The van der Waals surface area contributed by atoms with Crippen LogP contribution in [0.3, 0.4) is 0 Å². The van der Waals surface area contributed by atoms with E-state index in [-0.39, 0.29) is 18.9 Å². The van der Waals surface area contributed by atoms with Crippen LogP contribution in [0.2, 0.25) is 0 Å². The molecular weight excluding hydrogens is 348 g/mol. The van der Waals surface area contributed by atoms with Crippen LogP contribution in [0.5, 0.6) is 11.5 Å². The van der Waals surface area contributed by atoms with Gasteiger partial charge in [-0.1, -0.05) is 18.6 Å². The maximum Gasteiger partial charge on any atom is 0.308 e. The first-order valence-corrected chi connectivity index (χ1v) is 9.60. The Balaban J connectivity index is 1.66. The summed E-state index contributed by atoms with van der Waals surface area (Å²) in [5.41, 5.74) is 0.840. The number of hydrogen-bond acceptors (Lipinski definition) is 5. The van der Waals surface area contributed by atoms with Gasteiger partial charge in [-0.3, -0.25) is 14.5 Å². The minimum absolute atomic E-state index is 0.0600. The molecule has 1 amide bonds. The number of carbonyl (C=O) groups excluding carboxylic acids is 1. The first-order valence-electron chi connectivity index (χ1n) is 9.60. The van der Waals surface area contributed by atoms with Crippen molar-refractivity contribution in [2.45, 2.75) is 32.2 Å². The summed E-state index contributed by atoms with van der Waals surface area (Å²) in [6.45, 7) is 4.21. The van der Waals surface area contributed by atoms with Crippen LogP contribution in [0, 0.1) is 5.92 Å². The monoisotopic (exact) mass is 376 g/mol. The van der Waals surface area contributed by atoms with E-state index in [1.807, 2.05) is 18.2 Å². The second-order valence-electron chi connectivity index (χ2n) is 7.21.